The summed E-state index contributed by atoms with van der Waals surface area (Å²) in [7, 11) is 1.97. The average Bonchev–Trinajstić information content (AvgIpc) is 2.78. The van der Waals surface area contributed by atoms with E-state index in [0.717, 1.165) is 50.3 Å². The minimum Gasteiger partial charge on any atom is -0.378 e. The Bertz CT molecular complexity index is 690. The van der Waals surface area contributed by atoms with Crippen molar-refractivity contribution >= 4 is 23.2 Å². The lowest BCUT2D eigenvalue weighted by molar-refractivity contribution is -0.115. The van der Waals surface area contributed by atoms with Gasteiger partial charge in [0.15, 0.2) is 0 Å². The first-order valence-electron chi connectivity index (χ1n) is 9.18. The van der Waals surface area contributed by atoms with Crippen molar-refractivity contribution in [1.29, 1.82) is 0 Å². The molecule has 25 heavy (non-hydrogen) atoms. The Hall–Kier alpha value is -2.08. The lowest BCUT2D eigenvalue weighted by Crippen LogP contribution is -2.48. The van der Waals surface area contributed by atoms with Gasteiger partial charge in [-0.15, -0.1) is 0 Å². The summed E-state index contributed by atoms with van der Waals surface area (Å²) in [6.07, 6.45) is 3.92. The van der Waals surface area contributed by atoms with E-state index >= 15 is 0 Å². The molecule has 0 saturated carbocycles. The van der Waals surface area contributed by atoms with Crippen molar-refractivity contribution in [3.63, 3.8) is 0 Å². The number of hydrogen-bond acceptors (Lipinski definition) is 4. The molecule has 0 unspecified atom stereocenters. The van der Waals surface area contributed by atoms with Crippen LogP contribution in [0.4, 0.5) is 11.4 Å². The highest BCUT2D eigenvalue weighted by Crippen LogP contribution is 2.32. The van der Waals surface area contributed by atoms with Crippen molar-refractivity contribution in [3.05, 3.63) is 23.8 Å². The summed E-state index contributed by atoms with van der Waals surface area (Å²) in [6.45, 7) is 3.05. The van der Waals surface area contributed by atoms with Crippen LogP contribution in [-0.4, -0.2) is 56.1 Å². The number of piperidine rings is 1. The van der Waals surface area contributed by atoms with Crippen LogP contribution in [0.2, 0.25) is 0 Å². The molecule has 134 valence electrons. The van der Waals surface area contributed by atoms with Crippen molar-refractivity contribution in [1.82, 2.24) is 4.90 Å². The molecule has 2 saturated heterocycles. The maximum absolute atomic E-state index is 13.0. The second-order valence-electron chi connectivity index (χ2n) is 7.30. The van der Waals surface area contributed by atoms with Crippen molar-refractivity contribution < 1.29 is 14.3 Å². The van der Waals surface area contributed by atoms with Gasteiger partial charge in [-0.05, 0) is 37.5 Å². The van der Waals surface area contributed by atoms with Gasteiger partial charge < -0.3 is 19.9 Å². The molecule has 4 rings (SSSR count). The van der Waals surface area contributed by atoms with E-state index in [2.05, 4.69) is 5.32 Å². The average molecular weight is 343 g/mol. The van der Waals surface area contributed by atoms with Crippen molar-refractivity contribution in [2.75, 3.05) is 43.5 Å². The normalized spacial score (nSPS) is 26.4. The van der Waals surface area contributed by atoms with Crippen LogP contribution < -0.4 is 10.2 Å². The maximum Gasteiger partial charge on any atom is 0.253 e. The van der Waals surface area contributed by atoms with Crippen LogP contribution in [-0.2, 0) is 9.53 Å². The van der Waals surface area contributed by atoms with Crippen LogP contribution in [0, 0.1) is 5.92 Å². The number of benzene rings is 1. The molecule has 1 aromatic rings. The van der Waals surface area contributed by atoms with Crippen molar-refractivity contribution in [2.24, 2.45) is 5.92 Å². The van der Waals surface area contributed by atoms with Crippen molar-refractivity contribution in [3.8, 4) is 0 Å². The van der Waals surface area contributed by atoms with Crippen LogP contribution in [0.1, 0.15) is 36.0 Å². The molecular formula is C19H25N3O3. The van der Waals surface area contributed by atoms with Gasteiger partial charge in [0.2, 0.25) is 5.91 Å². The van der Waals surface area contributed by atoms with E-state index in [-0.39, 0.29) is 11.8 Å². The summed E-state index contributed by atoms with van der Waals surface area (Å²) in [6, 6.07) is 5.63. The van der Waals surface area contributed by atoms with Gasteiger partial charge >= 0.3 is 0 Å². The third-order valence-corrected chi connectivity index (χ3v) is 5.61. The zero-order chi connectivity index (χ0) is 17.4. The Morgan fingerprint density at radius 3 is 3.04 bits per heavy atom. The van der Waals surface area contributed by atoms with E-state index in [0.29, 0.717) is 30.6 Å². The smallest absolute Gasteiger partial charge is 0.253 e. The monoisotopic (exact) mass is 343 g/mol. The summed E-state index contributed by atoms with van der Waals surface area (Å²) in [4.78, 5) is 28.8. The maximum atomic E-state index is 13.0. The summed E-state index contributed by atoms with van der Waals surface area (Å²) in [5.41, 5.74) is 2.33. The molecule has 0 spiro atoms. The van der Waals surface area contributed by atoms with Gasteiger partial charge in [0.1, 0.15) is 0 Å². The fourth-order valence-corrected chi connectivity index (χ4v) is 4.16. The number of likely N-dealkylation sites (tertiary alicyclic amines) is 1. The minimum absolute atomic E-state index is 0.00429. The van der Waals surface area contributed by atoms with Gasteiger partial charge in [-0.2, -0.15) is 0 Å². The predicted octanol–water partition coefficient (Wildman–Crippen LogP) is 2.11. The Kier molecular flexibility index (Phi) is 4.37. The summed E-state index contributed by atoms with van der Waals surface area (Å²) in [5, 5.41) is 2.92. The first-order valence-corrected chi connectivity index (χ1v) is 9.18. The summed E-state index contributed by atoms with van der Waals surface area (Å²) in [5.74, 6) is 0.501. The number of nitrogens with one attached hydrogen (secondary N) is 1. The van der Waals surface area contributed by atoms with E-state index in [1.807, 2.05) is 35.0 Å². The van der Waals surface area contributed by atoms with Gasteiger partial charge in [0.25, 0.3) is 5.91 Å². The Morgan fingerprint density at radius 1 is 1.28 bits per heavy atom. The summed E-state index contributed by atoms with van der Waals surface area (Å²) < 4.78 is 5.84. The molecule has 2 atom stereocenters. The van der Waals surface area contributed by atoms with E-state index in [9.17, 15) is 9.59 Å². The molecule has 6 nitrogen and oxygen atoms in total. The van der Waals surface area contributed by atoms with Gasteiger partial charge in [0, 0.05) is 51.2 Å². The second-order valence-corrected chi connectivity index (χ2v) is 7.30. The third-order valence-electron chi connectivity index (χ3n) is 5.61. The zero-order valence-corrected chi connectivity index (χ0v) is 14.7. The number of amides is 2. The number of fused-ring (bicyclic) bond motifs is 2. The molecule has 2 fully saturated rings. The van der Waals surface area contributed by atoms with Crippen LogP contribution in [0.3, 0.4) is 0 Å². The highest BCUT2D eigenvalue weighted by molar-refractivity contribution is 6.01. The number of hydrogen-bond donors (Lipinski definition) is 1. The molecular weight excluding hydrogens is 318 g/mol. The van der Waals surface area contributed by atoms with Gasteiger partial charge in [-0.3, -0.25) is 9.59 Å². The Balaban J connectivity index is 1.53. The molecule has 2 amide bonds. The molecule has 1 N–H and O–H groups in total. The quantitative estimate of drug-likeness (QED) is 0.848. The van der Waals surface area contributed by atoms with Gasteiger partial charge in [-0.25, -0.2) is 0 Å². The minimum atomic E-state index is -0.00429. The number of ether oxygens (including phenoxy) is 1. The number of carbonyl (C=O) groups excluding carboxylic acids is 2. The van der Waals surface area contributed by atoms with Gasteiger partial charge in [-0.1, -0.05) is 0 Å². The van der Waals surface area contributed by atoms with Crippen molar-refractivity contribution in [2.45, 2.75) is 31.8 Å². The largest absolute Gasteiger partial charge is 0.378 e. The Labute approximate surface area is 148 Å². The highest BCUT2D eigenvalue weighted by atomic mass is 16.5. The van der Waals surface area contributed by atoms with Crippen LogP contribution in [0.25, 0.3) is 0 Å². The SMILES string of the molecule is CN1CCC(=O)Nc2cc(C(=O)N3CC[C@H]4OCCC[C@H]4C3)ccc21. The number of anilines is 2. The molecule has 6 heteroatoms. The van der Waals surface area contributed by atoms with E-state index in [1.54, 1.807) is 0 Å². The third kappa shape index (κ3) is 3.23. The van der Waals surface area contributed by atoms with E-state index < -0.39 is 0 Å². The van der Waals surface area contributed by atoms with Gasteiger partial charge in [0.05, 0.1) is 17.5 Å². The number of nitrogens with zero attached hydrogens (tertiary/aromatic N) is 2. The molecule has 0 aliphatic carbocycles. The fourth-order valence-electron chi connectivity index (χ4n) is 4.16. The second kappa shape index (κ2) is 6.67. The lowest BCUT2D eigenvalue weighted by Gasteiger charge is -2.41. The first kappa shape index (κ1) is 16.4. The Morgan fingerprint density at radius 2 is 2.16 bits per heavy atom. The highest BCUT2D eigenvalue weighted by Gasteiger charge is 2.34. The molecule has 3 aliphatic heterocycles. The molecule has 3 aliphatic rings. The predicted molar refractivity (Wildman–Crippen MR) is 95.9 cm³/mol. The topological polar surface area (TPSA) is 61.9 Å². The number of carbonyl (C=O) groups is 2. The molecule has 1 aromatic carbocycles. The molecule has 0 radical (unpaired) electrons. The van der Waals surface area contributed by atoms with E-state index in [1.165, 1.54) is 0 Å². The zero-order valence-electron chi connectivity index (χ0n) is 14.7. The summed E-state index contributed by atoms with van der Waals surface area (Å²) >= 11 is 0. The number of rotatable bonds is 1. The fraction of sp³-hybridized carbons (Fsp3) is 0.579. The standard InChI is InChI=1S/C19H25N3O3/c1-21-8-7-18(23)20-15-11-13(4-5-16(15)21)19(24)22-9-6-17-14(12-22)3-2-10-25-17/h4-5,11,14,17H,2-3,6-10,12H2,1H3,(H,20,23)/t14-,17+/m0/s1. The molecule has 0 bridgehead atoms. The van der Waals surface area contributed by atoms with Crippen LogP contribution >= 0.6 is 0 Å². The molecule has 3 heterocycles. The van der Waals surface area contributed by atoms with Crippen LogP contribution in [0.15, 0.2) is 18.2 Å². The van der Waals surface area contributed by atoms with Crippen LogP contribution in [0.5, 0.6) is 0 Å². The molecule has 0 aromatic heterocycles. The van der Waals surface area contributed by atoms with E-state index in [4.69, 9.17) is 4.74 Å². The lowest BCUT2D eigenvalue weighted by atomic mass is 9.88. The first-order chi connectivity index (χ1) is 12.1.